The smallest absolute Gasteiger partial charge is 0.0689 e. The number of nitrogens with zero attached hydrogens (tertiary/aromatic N) is 1. The van der Waals surface area contributed by atoms with Crippen LogP contribution in [0.5, 0.6) is 0 Å². The zero-order valence-electron chi connectivity index (χ0n) is 13.7. The van der Waals surface area contributed by atoms with E-state index in [-0.39, 0.29) is 6.04 Å². The number of nitrogens with one attached hydrogen (secondary N) is 1. The molecule has 1 N–H and O–H groups in total. The van der Waals surface area contributed by atoms with E-state index in [1.54, 1.807) is 0 Å². The first-order valence-corrected chi connectivity index (χ1v) is 11.0. The Bertz CT molecular complexity index is 846. The van der Waals surface area contributed by atoms with Crippen LogP contribution in [-0.2, 0) is 11.8 Å². The maximum absolute atomic E-state index is 9.32. The fraction of sp³-hybridized carbons (Fsp3) is 0.0952. The summed E-state index contributed by atoms with van der Waals surface area (Å²) in [5.41, 5.74) is 1.09. The molecule has 1 atom stereocenters. The van der Waals surface area contributed by atoms with Gasteiger partial charge >= 0.3 is 0 Å². The first-order valence-electron chi connectivity index (χ1n) is 8.15. The van der Waals surface area contributed by atoms with Gasteiger partial charge in [-0.05, 0) is 5.56 Å². The number of benzene rings is 3. The van der Waals surface area contributed by atoms with E-state index in [9.17, 15) is 5.26 Å². The Labute approximate surface area is 154 Å². The minimum atomic E-state index is -2.24. The van der Waals surface area contributed by atoms with Crippen LogP contribution in [0.4, 0.5) is 0 Å². The SMILES string of the molecule is N#CC[C@H](NP(=S)(c1ccccc1)c1ccccc1)c1ccccc1. The molecule has 124 valence electrons. The Morgan fingerprint density at radius 1 is 0.800 bits per heavy atom. The van der Waals surface area contributed by atoms with E-state index in [1.807, 2.05) is 66.7 Å². The third-order valence-corrected chi connectivity index (χ3v) is 8.38. The summed E-state index contributed by atoms with van der Waals surface area (Å²) < 4.78 is 0. The highest BCUT2D eigenvalue weighted by Crippen LogP contribution is 2.42. The van der Waals surface area contributed by atoms with Crippen molar-refractivity contribution in [2.24, 2.45) is 0 Å². The van der Waals surface area contributed by atoms with E-state index in [1.165, 1.54) is 0 Å². The molecule has 0 saturated carbocycles. The van der Waals surface area contributed by atoms with E-state index in [0.29, 0.717) is 6.42 Å². The van der Waals surface area contributed by atoms with Gasteiger partial charge in [0.1, 0.15) is 0 Å². The molecule has 0 fully saturated rings. The zero-order valence-corrected chi connectivity index (χ0v) is 15.5. The quantitative estimate of drug-likeness (QED) is 0.665. The number of rotatable bonds is 6. The molecule has 0 amide bonds. The van der Waals surface area contributed by atoms with Gasteiger partial charge in [0.2, 0.25) is 0 Å². The van der Waals surface area contributed by atoms with Gasteiger partial charge < -0.3 is 0 Å². The molecule has 25 heavy (non-hydrogen) atoms. The van der Waals surface area contributed by atoms with E-state index >= 15 is 0 Å². The number of hydrogen-bond donors (Lipinski definition) is 1. The van der Waals surface area contributed by atoms with E-state index in [4.69, 9.17) is 11.8 Å². The standard InChI is InChI=1S/C21H19N2PS/c22-17-16-21(18-10-4-1-5-11-18)23-24(25,19-12-6-2-7-13-19)20-14-8-3-9-15-20/h1-15,21H,16H2,(H,23,25)/t21-/m0/s1. The molecule has 3 aromatic carbocycles. The molecular formula is C21H19N2PS. The lowest BCUT2D eigenvalue weighted by atomic mass is 10.1. The van der Waals surface area contributed by atoms with Gasteiger partial charge in [0.05, 0.1) is 18.7 Å². The van der Waals surface area contributed by atoms with Crippen molar-refractivity contribution in [1.29, 1.82) is 5.26 Å². The molecule has 4 heteroatoms. The minimum Gasteiger partial charge on any atom is -0.274 e. The monoisotopic (exact) mass is 362 g/mol. The van der Waals surface area contributed by atoms with Gasteiger partial charge in [-0.3, -0.25) is 5.09 Å². The summed E-state index contributed by atoms with van der Waals surface area (Å²) in [4.78, 5) is 0. The van der Waals surface area contributed by atoms with Crippen molar-refractivity contribution in [3.05, 3.63) is 96.6 Å². The summed E-state index contributed by atoms with van der Waals surface area (Å²) in [6.07, 6.45) is -1.87. The highest BCUT2D eigenvalue weighted by atomic mass is 32.4. The van der Waals surface area contributed by atoms with Gasteiger partial charge in [0, 0.05) is 16.7 Å². The van der Waals surface area contributed by atoms with Crippen LogP contribution in [0.2, 0.25) is 0 Å². The summed E-state index contributed by atoms with van der Waals surface area (Å²) in [6, 6.07) is 32.6. The van der Waals surface area contributed by atoms with Crippen LogP contribution in [0.1, 0.15) is 18.0 Å². The highest BCUT2D eigenvalue weighted by molar-refractivity contribution is 8.20. The van der Waals surface area contributed by atoms with Crippen molar-refractivity contribution in [2.45, 2.75) is 12.5 Å². The van der Waals surface area contributed by atoms with E-state index in [0.717, 1.165) is 16.2 Å². The third kappa shape index (κ3) is 4.06. The van der Waals surface area contributed by atoms with Crippen molar-refractivity contribution in [3.63, 3.8) is 0 Å². The summed E-state index contributed by atoms with van der Waals surface area (Å²) in [5.74, 6) is 0. The van der Waals surface area contributed by atoms with Crippen LogP contribution in [0.15, 0.2) is 91.0 Å². The molecule has 0 spiro atoms. The molecule has 0 aliphatic rings. The second-order valence-corrected chi connectivity index (χ2v) is 9.89. The zero-order chi connectivity index (χ0) is 17.5. The average Bonchev–Trinajstić information content (AvgIpc) is 2.69. The van der Waals surface area contributed by atoms with Crippen LogP contribution < -0.4 is 15.7 Å². The fourth-order valence-electron chi connectivity index (χ4n) is 2.81. The van der Waals surface area contributed by atoms with Gasteiger partial charge in [-0.25, -0.2) is 0 Å². The third-order valence-electron chi connectivity index (χ3n) is 4.07. The average molecular weight is 362 g/mol. The van der Waals surface area contributed by atoms with Gasteiger partial charge in [-0.1, -0.05) is 103 Å². The van der Waals surface area contributed by atoms with Crippen LogP contribution in [0, 0.1) is 11.3 Å². The fourth-order valence-corrected chi connectivity index (χ4v) is 6.38. The van der Waals surface area contributed by atoms with Crippen LogP contribution >= 0.6 is 6.19 Å². The molecule has 0 aromatic heterocycles. The first kappa shape index (κ1) is 17.6. The molecule has 0 heterocycles. The molecular weight excluding hydrogens is 343 g/mol. The molecule has 0 saturated heterocycles. The number of hydrogen-bond acceptors (Lipinski definition) is 2. The summed E-state index contributed by atoms with van der Waals surface area (Å²) in [7, 11) is 0. The normalized spacial score (nSPS) is 12.3. The van der Waals surface area contributed by atoms with Crippen molar-refractivity contribution in [1.82, 2.24) is 5.09 Å². The highest BCUT2D eigenvalue weighted by Gasteiger charge is 2.26. The van der Waals surface area contributed by atoms with Crippen LogP contribution in [0.25, 0.3) is 0 Å². The maximum atomic E-state index is 9.32. The molecule has 0 radical (unpaired) electrons. The van der Waals surface area contributed by atoms with Gasteiger partial charge in [0.25, 0.3) is 0 Å². The second kappa shape index (κ2) is 8.23. The Hall–Kier alpha value is -2.24. The molecule has 3 aromatic rings. The molecule has 3 rings (SSSR count). The lowest BCUT2D eigenvalue weighted by Crippen LogP contribution is -2.30. The van der Waals surface area contributed by atoms with Crippen molar-refractivity contribution in [2.75, 3.05) is 0 Å². The largest absolute Gasteiger partial charge is 0.274 e. The van der Waals surface area contributed by atoms with Crippen molar-refractivity contribution >= 4 is 28.6 Å². The molecule has 2 nitrogen and oxygen atoms in total. The topological polar surface area (TPSA) is 35.8 Å². The molecule has 0 unspecified atom stereocenters. The lowest BCUT2D eigenvalue weighted by molar-refractivity contribution is 0.689. The second-order valence-electron chi connectivity index (χ2n) is 5.73. The van der Waals surface area contributed by atoms with Gasteiger partial charge in [-0.15, -0.1) is 0 Å². The lowest BCUT2D eigenvalue weighted by Gasteiger charge is -2.29. The Kier molecular flexibility index (Phi) is 5.79. The van der Waals surface area contributed by atoms with E-state index in [2.05, 4.69) is 35.4 Å². The van der Waals surface area contributed by atoms with Crippen molar-refractivity contribution < 1.29 is 0 Å². The predicted octanol–water partition coefficient (Wildman–Crippen LogP) is 4.28. The molecule has 0 aliphatic heterocycles. The van der Waals surface area contributed by atoms with E-state index < -0.39 is 6.19 Å². The number of nitriles is 1. The molecule has 0 aliphatic carbocycles. The van der Waals surface area contributed by atoms with Crippen LogP contribution in [0.3, 0.4) is 0 Å². The summed E-state index contributed by atoms with van der Waals surface area (Å²) in [6.45, 7) is 0. The van der Waals surface area contributed by atoms with Crippen molar-refractivity contribution in [3.8, 4) is 6.07 Å². The Balaban J connectivity index is 2.06. The minimum absolute atomic E-state index is 0.0996. The molecule has 0 bridgehead atoms. The van der Waals surface area contributed by atoms with Gasteiger partial charge in [0.15, 0.2) is 0 Å². The summed E-state index contributed by atoms with van der Waals surface area (Å²) in [5, 5.41) is 15.2. The maximum Gasteiger partial charge on any atom is 0.0689 e. The van der Waals surface area contributed by atoms with Crippen LogP contribution in [-0.4, -0.2) is 0 Å². The Morgan fingerprint density at radius 2 is 1.24 bits per heavy atom. The summed E-state index contributed by atoms with van der Waals surface area (Å²) >= 11 is 6.22. The first-order chi connectivity index (χ1) is 12.2. The predicted molar refractivity (Wildman–Crippen MR) is 109 cm³/mol. The Morgan fingerprint density at radius 3 is 1.68 bits per heavy atom. The van der Waals surface area contributed by atoms with Gasteiger partial charge in [-0.2, -0.15) is 5.26 Å².